The van der Waals surface area contributed by atoms with Crippen LogP contribution in [-0.4, -0.2) is 56.9 Å². The fourth-order valence-electron chi connectivity index (χ4n) is 4.68. The van der Waals surface area contributed by atoms with E-state index in [0.717, 1.165) is 51.0 Å². The van der Waals surface area contributed by atoms with Crippen molar-refractivity contribution in [1.29, 1.82) is 0 Å². The Morgan fingerprint density at radius 3 is 2.78 bits per heavy atom. The maximum absolute atomic E-state index is 12.2. The number of aryl methyl sites for hydroxylation is 1. The molecule has 2 aromatic heterocycles. The van der Waals surface area contributed by atoms with Gasteiger partial charge in [0.2, 0.25) is 0 Å². The predicted molar refractivity (Wildman–Crippen MR) is 124 cm³/mol. The first-order chi connectivity index (χ1) is 15.6. The van der Waals surface area contributed by atoms with E-state index in [1.807, 2.05) is 13.1 Å². The molecule has 1 N–H and O–H groups in total. The molecule has 1 aromatic carbocycles. The van der Waals surface area contributed by atoms with Crippen LogP contribution in [0.4, 0.5) is 0 Å². The smallest absolute Gasteiger partial charge is 0.271 e. The highest BCUT2D eigenvalue weighted by atomic mass is 32.1. The summed E-state index contributed by atoms with van der Waals surface area (Å²) in [6.45, 7) is 3.49. The number of amides is 1. The lowest BCUT2D eigenvalue weighted by atomic mass is 9.88. The van der Waals surface area contributed by atoms with Gasteiger partial charge in [-0.2, -0.15) is 5.10 Å². The third kappa shape index (κ3) is 4.77. The molecule has 0 radical (unpaired) electrons. The molecule has 1 unspecified atom stereocenters. The summed E-state index contributed by atoms with van der Waals surface area (Å²) in [7, 11) is 1.81. The number of hydrogen-bond donors (Lipinski definition) is 1. The Hall–Kier alpha value is -2.55. The molecule has 2 saturated heterocycles. The number of carbonyl (C=O) groups excluding carboxylic acids is 1. The highest BCUT2D eigenvalue weighted by Crippen LogP contribution is 2.39. The van der Waals surface area contributed by atoms with Crippen molar-refractivity contribution in [3.8, 4) is 11.3 Å². The Morgan fingerprint density at radius 1 is 1.22 bits per heavy atom. The van der Waals surface area contributed by atoms with Crippen LogP contribution >= 0.6 is 11.3 Å². The third-order valence-electron chi connectivity index (χ3n) is 6.52. The van der Waals surface area contributed by atoms with Gasteiger partial charge in [-0.05, 0) is 31.7 Å². The van der Waals surface area contributed by atoms with E-state index in [-0.39, 0.29) is 17.6 Å². The van der Waals surface area contributed by atoms with Gasteiger partial charge < -0.3 is 10.1 Å². The van der Waals surface area contributed by atoms with Crippen LogP contribution in [0.15, 0.2) is 48.0 Å². The van der Waals surface area contributed by atoms with Crippen LogP contribution in [0.25, 0.3) is 11.3 Å². The second-order valence-electron chi connectivity index (χ2n) is 8.81. The average Bonchev–Trinajstić information content (AvgIpc) is 3.55. The lowest BCUT2D eigenvalue weighted by molar-refractivity contribution is -0.0764. The Kier molecular flexibility index (Phi) is 6.08. The van der Waals surface area contributed by atoms with Crippen LogP contribution in [0.2, 0.25) is 0 Å². The SMILES string of the molecule is Cn1ccc(C(=O)NCC2CCC3(CCN(Cc4nc(-c5ccccc5)cs4)CC3)O2)n1. The summed E-state index contributed by atoms with van der Waals surface area (Å²) in [5.74, 6) is -0.136. The Bertz CT molecular complexity index is 1060. The van der Waals surface area contributed by atoms with Gasteiger partial charge >= 0.3 is 0 Å². The molecule has 3 aromatic rings. The number of rotatable bonds is 6. The first-order valence-electron chi connectivity index (χ1n) is 11.3. The summed E-state index contributed by atoms with van der Waals surface area (Å²) in [6.07, 6.45) is 6.00. The molecule has 1 spiro atoms. The van der Waals surface area contributed by atoms with E-state index in [9.17, 15) is 4.79 Å². The molecule has 0 bridgehead atoms. The predicted octanol–water partition coefficient (Wildman–Crippen LogP) is 3.49. The molecule has 4 heterocycles. The zero-order valence-corrected chi connectivity index (χ0v) is 19.2. The van der Waals surface area contributed by atoms with Gasteiger partial charge in [-0.15, -0.1) is 11.3 Å². The lowest BCUT2D eigenvalue weighted by Crippen LogP contribution is -2.44. The van der Waals surface area contributed by atoms with Gasteiger partial charge in [0.1, 0.15) is 10.7 Å². The molecule has 5 rings (SSSR count). The van der Waals surface area contributed by atoms with Crippen LogP contribution in [0.3, 0.4) is 0 Å². The van der Waals surface area contributed by atoms with Crippen LogP contribution < -0.4 is 5.32 Å². The maximum Gasteiger partial charge on any atom is 0.271 e. The molecular weight excluding hydrogens is 422 g/mol. The van der Waals surface area contributed by atoms with Crippen molar-refractivity contribution < 1.29 is 9.53 Å². The van der Waals surface area contributed by atoms with E-state index in [1.54, 1.807) is 28.3 Å². The van der Waals surface area contributed by atoms with Gasteiger partial charge in [0.15, 0.2) is 0 Å². The molecule has 168 valence electrons. The number of piperidine rings is 1. The van der Waals surface area contributed by atoms with Crippen LogP contribution in [0, 0.1) is 0 Å². The van der Waals surface area contributed by atoms with Crippen LogP contribution in [0.5, 0.6) is 0 Å². The molecule has 8 heteroatoms. The van der Waals surface area contributed by atoms with E-state index in [2.05, 4.69) is 45.0 Å². The topological polar surface area (TPSA) is 72.3 Å². The minimum atomic E-state index is -0.136. The first-order valence-corrected chi connectivity index (χ1v) is 12.1. The van der Waals surface area contributed by atoms with Crippen molar-refractivity contribution in [2.45, 2.75) is 43.9 Å². The molecular formula is C24H29N5O2S. The molecule has 2 aliphatic heterocycles. The van der Waals surface area contributed by atoms with Crippen molar-refractivity contribution in [3.05, 3.63) is 58.7 Å². The lowest BCUT2D eigenvalue weighted by Gasteiger charge is -2.39. The third-order valence-corrected chi connectivity index (χ3v) is 7.36. The Morgan fingerprint density at radius 2 is 2.03 bits per heavy atom. The molecule has 32 heavy (non-hydrogen) atoms. The highest BCUT2D eigenvalue weighted by Gasteiger charge is 2.42. The van der Waals surface area contributed by atoms with Gasteiger partial charge in [-0.25, -0.2) is 4.98 Å². The molecule has 0 aliphatic carbocycles. The first kappa shape index (κ1) is 21.3. The Balaban J connectivity index is 1.09. The summed E-state index contributed by atoms with van der Waals surface area (Å²) in [6, 6.07) is 12.1. The average molecular weight is 452 g/mol. The summed E-state index contributed by atoms with van der Waals surface area (Å²) < 4.78 is 8.10. The number of carbonyl (C=O) groups is 1. The molecule has 7 nitrogen and oxygen atoms in total. The van der Waals surface area contributed by atoms with E-state index >= 15 is 0 Å². The van der Waals surface area contributed by atoms with Gasteiger partial charge in [-0.1, -0.05) is 30.3 Å². The summed E-state index contributed by atoms with van der Waals surface area (Å²) >= 11 is 1.74. The molecule has 2 aliphatic rings. The number of likely N-dealkylation sites (tertiary alicyclic amines) is 1. The number of nitrogens with one attached hydrogen (secondary N) is 1. The fraction of sp³-hybridized carbons (Fsp3) is 0.458. The number of ether oxygens (including phenoxy) is 1. The minimum Gasteiger partial charge on any atom is -0.370 e. The molecule has 1 amide bonds. The van der Waals surface area contributed by atoms with Crippen LogP contribution in [0.1, 0.15) is 41.2 Å². The van der Waals surface area contributed by atoms with Crippen molar-refractivity contribution in [2.24, 2.45) is 7.05 Å². The second kappa shape index (κ2) is 9.13. The van der Waals surface area contributed by atoms with E-state index in [0.29, 0.717) is 12.2 Å². The van der Waals surface area contributed by atoms with Gasteiger partial charge in [0.05, 0.1) is 23.9 Å². The van der Waals surface area contributed by atoms with E-state index < -0.39 is 0 Å². The summed E-state index contributed by atoms with van der Waals surface area (Å²) in [5.41, 5.74) is 2.66. The fourth-order valence-corrected chi connectivity index (χ4v) is 5.52. The molecule has 1 atom stereocenters. The number of aromatic nitrogens is 3. The monoisotopic (exact) mass is 451 g/mol. The zero-order valence-electron chi connectivity index (χ0n) is 18.4. The largest absolute Gasteiger partial charge is 0.370 e. The van der Waals surface area contributed by atoms with Crippen molar-refractivity contribution in [2.75, 3.05) is 19.6 Å². The van der Waals surface area contributed by atoms with Gasteiger partial charge in [-0.3, -0.25) is 14.4 Å². The van der Waals surface area contributed by atoms with Crippen LogP contribution in [-0.2, 0) is 18.3 Å². The Labute approximate surface area is 192 Å². The quantitative estimate of drug-likeness (QED) is 0.621. The second-order valence-corrected chi connectivity index (χ2v) is 9.76. The maximum atomic E-state index is 12.2. The number of benzene rings is 1. The number of hydrogen-bond acceptors (Lipinski definition) is 6. The summed E-state index contributed by atoms with van der Waals surface area (Å²) in [5, 5.41) is 10.5. The number of nitrogens with zero attached hydrogens (tertiary/aromatic N) is 4. The highest BCUT2D eigenvalue weighted by molar-refractivity contribution is 7.09. The molecule has 2 fully saturated rings. The normalized spacial score (nSPS) is 20.6. The zero-order chi connectivity index (χ0) is 22.0. The van der Waals surface area contributed by atoms with Crippen molar-refractivity contribution in [3.63, 3.8) is 0 Å². The van der Waals surface area contributed by atoms with E-state index in [1.165, 1.54) is 10.6 Å². The van der Waals surface area contributed by atoms with E-state index in [4.69, 9.17) is 9.72 Å². The van der Waals surface area contributed by atoms with Gasteiger partial charge in [0, 0.05) is 43.8 Å². The standard InChI is InChI=1S/C24H29N5O2S/c1-28-12-8-20(27-28)23(30)25-15-19-7-9-24(31-19)10-13-29(14-11-24)16-22-26-21(17-32-22)18-5-3-2-4-6-18/h2-6,8,12,17,19H,7,9-11,13-16H2,1H3,(H,25,30). The minimum absolute atomic E-state index is 0.0328. The van der Waals surface area contributed by atoms with Crippen molar-refractivity contribution in [1.82, 2.24) is 25.0 Å². The number of thiazole rings is 1. The van der Waals surface area contributed by atoms with Gasteiger partial charge in [0.25, 0.3) is 5.91 Å². The summed E-state index contributed by atoms with van der Waals surface area (Å²) in [4.78, 5) is 19.6. The molecule has 0 saturated carbocycles. The van der Waals surface area contributed by atoms with Crippen molar-refractivity contribution >= 4 is 17.2 Å².